The number of esters is 1. The normalized spacial score (nSPS) is 12.8. The molecule has 0 rings (SSSR count). The van der Waals surface area contributed by atoms with Crippen LogP contribution in [-0.4, -0.2) is 47.4 Å². The van der Waals surface area contributed by atoms with E-state index < -0.39 is 12.1 Å². The zero-order chi connectivity index (χ0) is 48.6. The van der Waals surface area contributed by atoms with Gasteiger partial charge in [0.05, 0.1) is 25.4 Å². The largest absolute Gasteiger partial charge is 0.466 e. The summed E-state index contributed by atoms with van der Waals surface area (Å²) >= 11 is 0. The molecule has 3 N–H and O–H groups in total. The molecule has 0 aromatic heterocycles. The number of aliphatic hydroxyl groups is 2. The standard InChI is InChI=1S/C61H115NO5/c1-3-5-7-9-11-13-15-17-18-19-21-25-28-31-35-39-43-47-51-55-61(66)67-56-52-48-44-40-36-32-29-26-23-20-22-24-27-30-34-38-42-46-50-54-60(65)62-58(57-63)59(64)53-49-45-41-37-33-16-14-12-10-8-6-4-2/h11,13,17-18,49,53,58-59,63-64H,3-10,12,14-16,19-48,50-52,54-57H2,1-2H3,(H,62,65)/b13-11-,18-17-,53-49+. The van der Waals surface area contributed by atoms with Crippen LogP contribution in [0.1, 0.15) is 316 Å². The van der Waals surface area contributed by atoms with Gasteiger partial charge in [-0.1, -0.05) is 275 Å². The first-order chi connectivity index (χ1) is 33.0. The topological polar surface area (TPSA) is 95.9 Å². The highest BCUT2D eigenvalue weighted by Gasteiger charge is 2.18. The zero-order valence-corrected chi connectivity index (χ0v) is 44.9. The Balaban J connectivity index is 3.39. The highest BCUT2D eigenvalue weighted by Crippen LogP contribution is 2.17. The summed E-state index contributed by atoms with van der Waals surface area (Å²) in [6.45, 7) is 4.87. The van der Waals surface area contributed by atoms with E-state index in [1.54, 1.807) is 6.08 Å². The lowest BCUT2D eigenvalue weighted by atomic mass is 10.0. The van der Waals surface area contributed by atoms with Gasteiger partial charge in [-0.25, -0.2) is 0 Å². The highest BCUT2D eigenvalue weighted by molar-refractivity contribution is 5.76. The van der Waals surface area contributed by atoms with Crippen LogP contribution in [0, 0.1) is 0 Å². The van der Waals surface area contributed by atoms with Crippen LogP contribution < -0.4 is 5.32 Å². The Morgan fingerprint density at radius 2 is 0.746 bits per heavy atom. The van der Waals surface area contributed by atoms with Gasteiger partial charge in [-0.2, -0.15) is 0 Å². The summed E-state index contributed by atoms with van der Waals surface area (Å²) in [5.74, 6) is -0.0670. The number of rotatable bonds is 55. The fourth-order valence-electron chi connectivity index (χ4n) is 9.08. The molecule has 0 aliphatic carbocycles. The molecule has 1 amide bonds. The van der Waals surface area contributed by atoms with Crippen molar-refractivity contribution in [1.82, 2.24) is 5.32 Å². The number of hydrogen-bond donors (Lipinski definition) is 3. The summed E-state index contributed by atoms with van der Waals surface area (Å²) in [4.78, 5) is 24.5. The van der Waals surface area contributed by atoms with Gasteiger partial charge in [0, 0.05) is 12.8 Å². The molecular weight excluding hydrogens is 827 g/mol. The Morgan fingerprint density at radius 3 is 1.16 bits per heavy atom. The fourth-order valence-corrected chi connectivity index (χ4v) is 9.08. The molecule has 0 saturated heterocycles. The molecule has 0 spiro atoms. The van der Waals surface area contributed by atoms with Crippen molar-refractivity contribution in [3.63, 3.8) is 0 Å². The number of ether oxygens (including phenoxy) is 1. The van der Waals surface area contributed by atoms with Crippen LogP contribution in [0.25, 0.3) is 0 Å². The number of allylic oxidation sites excluding steroid dienone is 5. The lowest BCUT2D eigenvalue weighted by Crippen LogP contribution is -2.45. The number of aliphatic hydroxyl groups excluding tert-OH is 2. The van der Waals surface area contributed by atoms with E-state index in [-0.39, 0.29) is 18.5 Å². The summed E-state index contributed by atoms with van der Waals surface area (Å²) < 4.78 is 5.49. The van der Waals surface area contributed by atoms with E-state index in [1.165, 1.54) is 238 Å². The maximum atomic E-state index is 12.4. The molecule has 6 nitrogen and oxygen atoms in total. The molecule has 6 heteroatoms. The van der Waals surface area contributed by atoms with Gasteiger partial charge >= 0.3 is 5.97 Å². The van der Waals surface area contributed by atoms with E-state index in [0.29, 0.717) is 19.4 Å². The van der Waals surface area contributed by atoms with E-state index in [4.69, 9.17) is 4.74 Å². The Hall–Kier alpha value is -1.92. The van der Waals surface area contributed by atoms with E-state index in [9.17, 15) is 19.8 Å². The summed E-state index contributed by atoms with van der Waals surface area (Å²) in [5, 5.41) is 23.0. The fraction of sp³-hybridized carbons (Fsp3) is 0.869. The van der Waals surface area contributed by atoms with Crippen LogP contribution in [0.15, 0.2) is 36.5 Å². The molecule has 0 fully saturated rings. The molecule has 2 unspecified atom stereocenters. The third-order valence-electron chi connectivity index (χ3n) is 13.7. The van der Waals surface area contributed by atoms with Gasteiger partial charge in [-0.15, -0.1) is 0 Å². The lowest BCUT2D eigenvalue weighted by Gasteiger charge is -2.20. The lowest BCUT2D eigenvalue weighted by molar-refractivity contribution is -0.143. The predicted molar refractivity (Wildman–Crippen MR) is 292 cm³/mol. The van der Waals surface area contributed by atoms with Crippen molar-refractivity contribution in [2.45, 2.75) is 328 Å². The number of unbranched alkanes of at least 4 members (excludes halogenated alkanes) is 40. The number of nitrogens with one attached hydrogen (secondary N) is 1. The van der Waals surface area contributed by atoms with Gasteiger partial charge in [-0.3, -0.25) is 9.59 Å². The first-order valence-corrected chi connectivity index (χ1v) is 29.8. The van der Waals surface area contributed by atoms with Crippen LogP contribution in [0.3, 0.4) is 0 Å². The van der Waals surface area contributed by atoms with E-state index >= 15 is 0 Å². The van der Waals surface area contributed by atoms with Crippen LogP contribution in [0.2, 0.25) is 0 Å². The Morgan fingerprint density at radius 1 is 0.418 bits per heavy atom. The van der Waals surface area contributed by atoms with Crippen LogP contribution in [0.4, 0.5) is 0 Å². The molecule has 0 aromatic carbocycles. The molecule has 0 aromatic rings. The van der Waals surface area contributed by atoms with E-state index in [0.717, 1.165) is 51.4 Å². The van der Waals surface area contributed by atoms with Crippen molar-refractivity contribution in [3.05, 3.63) is 36.5 Å². The SMILES string of the molecule is CCCCC/C=C\C/C=C\CCCCCCCCCCCC(=O)OCCCCCCCCCCCCCCCCCCCCCC(=O)NC(CO)C(O)/C=C/CCCCCCCCCCCC. The first kappa shape index (κ1) is 65.1. The second-order valence-corrected chi connectivity index (χ2v) is 20.3. The highest BCUT2D eigenvalue weighted by atomic mass is 16.5. The number of carbonyl (C=O) groups excluding carboxylic acids is 2. The van der Waals surface area contributed by atoms with Gasteiger partial charge in [0.15, 0.2) is 0 Å². The average molecular weight is 943 g/mol. The van der Waals surface area contributed by atoms with E-state index in [2.05, 4.69) is 43.5 Å². The summed E-state index contributed by atoms with van der Waals surface area (Å²) in [7, 11) is 0. The number of amides is 1. The third kappa shape index (κ3) is 53.3. The molecule has 2 atom stereocenters. The van der Waals surface area contributed by atoms with Crippen molar-refractivity contribution in [2.75, 3.05) is 13.2 Å². The summed E-state index contributed by atoms with van der Waals surface area (Å²) in [5.41, 5.74) is 0. The smallest absolute Gasteiger partial charge is 0.305 e. The molecule has 0 bridgehead atoms. The third-order valence-corrected chi connectivity index (χ3v) is 13.7. The minimum Gasteiger partial charge on any atom is -0.466 e. The van der Waals surface area contributed by atoms with Crippen molar-refractivity contribution < 1.29 is 24.5 Å². The molecule has 67 heavy (non-hydrogen) atoms. The summed E-state index contributed by atoms with van der Waals surface area (Å²) in [6, 6.07) is -0.629. The average Bonchev–Trinajstić information content (AvgIpc) is 3.33. The van der Waals surface area contributed by atoms with Crippen molar-refractivity contribution in [2.24, 2.45) is 0 Å². The first-order valence-electron chi connectivity index (χ1n) is 29.8. The number of hydrogen-bond acceptors (Lipinski definition) is 5. The molecular formula is C61H115NO5. The quantitative estimate of drug-likeness (QED) is 0.0321. The second kappa shape index (κ2) is 56.7. The van der Waals surface area contributed by atoms with Crippen LogP contribution in [0.5, 0.6) is 0 Å². The van der Waals surface area contributed by atoms with Crippen LogP contribution in [-0.2, 0) is 14.3 Å². The monoisotopic (exact) mass is 942 g/mol. The Labute approximate surface area is 417 Å². The van der Waals surface area contributed by atoms with E-state index in [1.807, 2.05) is 6.08 Å². The number of carbonyl (C=O) groups is 2. The van der Waals surface area contributed by atoms with Gasteiger partial charge in [0.2, 0.25) is 5.91 Å². The Kier molecular flexibility index (Phi) is 55.0. The summed E-state index contributed by atoms with van der Waals surface area (Å²) in [6.07, 6.45) is 70.3. The molecule has 0 heterocycles. The van der Waals surface area contributed by atoms with Gasteiger partial charge < -0.3 is 20.3 Å². The maximum absolute atomic E-state index is 12.4. The minimum atomic E-state index is -0.845. The second-order valence-electron chi connectivity index (χ2n) is 20.3. The maximum Gasteiger partial charge on any atom is 0.305 e. The molecule has 0 aliphatic rings. The predicted octanol–water partition coefficient (Wildman–Crippen LogP) is 18.4. The molecule has 0 radical (unpaired) electrons. The molecule has 0 aliphatic heterocycles. The van der Waals surface area contributed by atoms with Gasteiger partial charge in [0.25, 0.3) is 0 Å². The van der Waals surface area contributed by atoms with Crippen molar-refractivity contribution in [3.8, 4) is 0 Å². The zero-order valence-electron chi connectivity index (χ0n) is 44.9. The van der Waals surface area contributed by atoms with Crippen LogP contribution >= 0.6 is 0 Å². The van der Waals surface area contributed by atoms with Gasteiger partial charge in [0.1, 0.15) is 0 Å². The molecule has 394 valence electrons. The van der Waals surface area contributed by atoms with Gasteiger partial charge in [-0.05, 0) is 64.2 Å². The Bertz CT molecular complexity index is 1090. The van der Waals surface area contributed by atoms with Crippen molar-refractivity contribution in [1.29, 1.82) is 0 Å². The minimum absolute atomic E-state index is 0.00436. The van der Waals surface area contributed by atoms with Crippen molar-refractivity contribution >= 4 is 11.9 Å². The molecule has 0 saturated carbocycles.